The van der Waals surface area contributed by atoms with Crippen molar-refractivity contribution >= 4 is 60.9 Å². The molecule has 1 N–H and O–H groups in total. The Labute approximate surface area is 285 Å². The van der Waals surface area contributed by atoms with Gasteiger partial charge in [-0.05, 0) is 32.1 Å². The number of aliphatic carboxylic acids is 1. The van der Waals surface area contributed by atoms with E-state index in [0.717, 1.165) is 12.8 Å². The van der Waals surface area contributed by atoms with Gasteiger partial charge >= 0.3 is 57.2 Å². The van der Waals surface area contributed by atoms with E-state index in [1.807, 2.05) is 0 Å². The monoisotopic (exact) mass is 845 g/mol. The summed E-state index contributed by atoms with van der Waals surface area (Å²) in [6.07, 6.45) is 21.2. The summed E-state index contributed by atoms with van der Waals surface area (Å²) in [6.45, 7) is 2.26. The summed E-state index contributed by atoms with van der Waals surface area (Å²) in [6, 6.07) is 0. The van der Waals surface area contributed by atoms with Crippen molar-refractivity contribution in [2.45, 2.75) is 96.8 Å². The van der Waals surface area contributed by atoms with Crippen LogP contribution in [0.4, 0.5) is 0 Å². The van der Waals surface area contributed by atoms with Crippen molar-refractivity contribution in [2.24, 2.45) is 0 Å². The smallest absolute Gasteiger partial charge is 0.759 e. The molecular weight excluding hydrogens is 814 g/mol. The van der Waals surface area contributed by atoms with Crippen LogP contribution in [-0.4, -0.2) is 63.6 Å². The first-order chi connectivity index (χ1) is 17.2. The van der Waals surface area contributed by atoms with Crippen molar-refractivity contribution in [2.75, 3.05) is 0 Å². The van der Waals surface area contributed by atoms with Crippen LogP contribution in [0.3, 0.4) is 0 Å². The third kappa shape index (κ3) is 193. The maximum Gasteiger partial charge on any atom is 2.00 e. The van der Waals surface area contributed by atoms with Crippen LogP contribution in [-0.2, 0) is 91.0 Å². The normalized spacial score (nSPS) is 10.2. The molecule has 0 fully saturated rings. The maximum absolute atomic E-state index is 10.3. The molecule has 0 saturated heterocycles. The molecule has 15 nitrogen and oxygen atoms in total. The zero-order chi connectivity index (χ0) is 31.1. The van der Waals surface area contributed by atoms with Gasteiger partial charge in [-0.1, -0.05) is 70.4 Å². The predicted octanol–water partition coefficient (Wildman–Crippen LogP) is 3.40. The minimum Gasteiger partial charge on any atom is -0.759 e. The number of hydrogen-bond acceptors (Lipinski definition) is 14. The number of carboxylic acids is 1. The molecule has 0 aliphatic heterocycles. The third-order valence-corrected chi connectivity index (χ3v) is 3.65. The number of hydrogen-bond donors (Lipinski definition) is 1. The van der Waals surface area contributed by atoms with Gasteiger partial charge in [0.1, 0.15) is 0 Å². The largest absolute Gasteiger partial charge is 2.00 e. The molecule has 0 saturated carbocycles. The number of allylic oxidation sites excluding steroid dienone is 2. The molecule has 0 aliphatic rings. The average Bonchev–Trinajstić information content (AvgIpc) is 2.67. The van der Waals surface area contributed by atoms with E-state index < -0.39 is 37.2 Å². The molecule has 0 unspecified atom stereocenters. The van der Waals surface area contributed by atoms with E-state index in [2.05, 4.69) is 46.6 Å². The van der Waals surface area contributed by atoms with Gasteiger partial charge in [-0.2, -0.15) is 3.84 Å². The van der Waals surface area contributed by atoms with Crippen LogP contribution in [0.15, 0.2) is 12.2 Å². The van der Waals surface area contributed by atoms with E-state index in [1.54, 1.807) is 0 Å². The molecule has 0 spiro atoms. The summed E-state index contributed by atoms with van der Waals surface area (Å²) in [7, 11) is -15.5. The molecule has 23 heteroatoms. The molecule has 0 bridgehead atoms. The molecule has 0 aliphatic carbocycles. The molecule has 3 radical (unpaired) electrons. The van der Waals surface area contributed by atoms with Crippen molar-refractivity contribution < 1.29 is 118 Å². The fourth-order valence-corrected chi connectivity index (χ4v) is 2.35. The fourth-order valence-electron chi connectivity index (χ4n) is 2.35. The van der Waals surface area contributed by atoms with Gasteiger partial charge in [0.15, 0.2) is 0 Å². The van der Waals surface area contributed by atoms with Crippen LogP contribution < -0.4 is 0 Å². The second kappa shape index (κ2) is 43.0. The van der Waals surface area contributed by atoms with Crippen molar-refractivity contribution in [1.82, 2.24) is 0 Å². The SMILES string of the molecule is CCCCCCCCC=CCCCCCCCC(=O)O.ClOCl.O=S(=O)([O-])[O-].O=S(=O)([O-])[O-].O=S(=O)([O-])[O-].[Cu+2].[Cu+2].[Cu+2]. The third-order valence-electron chi connectivity index (χ3n) is 3.65. The summed E-state index contributed by atoms with van der Waals surface area (Å²) in [5, 5.41) is 8.51. The molecule has 0 rings (SSSR count). The Morgan fingerprint density at radius 3 is 1.07 bits per heavy atom. The summed E-state index contributed by atoms with van der Waals surface area (Å²) in [5.74, 6) is -0.664. The van der Waals surface area contributed by atoms with Crippen molar-refractivity contribution in [3.05, 3.63) is 12.2 Å². The maximum atomic E-state index is 10.3. The molecule has 0 aromatic heterocycles. The number of carboxylic acid groups (broad SMARTS) is 1. The van der Waals surface area contributed by atoms with E-state index in [-0.39, 0.29) is 51.2 Å². The fraction of sp³-hybridized carbons (Fsp3) is 0.833. The first-order valence-corrected chi connectivity index (χ1v) is 15.6. The van der Waals surface area contributed by atoms with Gasteiger partial charge < -0.3 is 32.4 Å². The van der Waals surface area contributed by atoms with Crippen LogP contribution in [0, 0.1) is 0 Å². The Morgan fingerprint density at radius 2 is 0.829 bits per heavy atom. The van der Waals surface area contributed by atoms with Gasteiger partial charge in [-0.25, -0.2) is 0 Å². The van der Waals surface area contributed by atoms with Gasteiger partial charge in [0.05, 0.1) is 23.7 Å². The van der Waals surface area contributed by atoms with Gasteiger partial charge in [0.25, 0.3) is 0 Å². The number of rotatable bonds is 15. The van der Waals surface area contributed by atoms with Crippen molar-refractivity contribution in [3.63, 3.8) is 0 Å². The quantitative estimate of drug-likeness (QED) is 0.0812. The van der Waals surface area contributed by atoms with Gasteiger partial charge in [0.2, 0.25) is 0 Å². The van der Waals surface area contributed by atoms with E-state index in [4.69, 9.17) is 57.7 Å². The zero-order valence-corrected chi connectivity index (χ0v) is 28.4. The first-order valence-electron chi connectivity index (χ1n) is 10.9. The number of halogens is 2. The van der Waals surface area contributed by atoms with Crippen LogP contribution in [0.25, 0.3) is 0 Å². The second-order valence-electron chi connectivity index (χ2n) is 7.01. The molecule has 0 aromatic carbocycles. The minimum absolute atomic E-state index is 0. The Kier molecular flexibility index (Phi) is 64.1. The molecule has 0 atom stereocenters. The number of unbranched alkanes of at least 4 members (excludes halogenated alkanes) is 11. The summed E-state index contributed by atoms with van der Waals surface area (Å²) < 4.78 is 105. The minimum atomic E-state index is -5.17. The average molecular weight is 848 g/mol. The van der Waals surface area contributed by atoms with E-state index in [0.29, 0.717) is 6.42 Å². The van der Waals surface area contributed by atoms with E-state index in [9.17, 15) is 4.79 Å². The topological polar surface area (TPSA) is 287 Å². The second-order valence-corrected chi connectivity index (χ2v) is 9.93. The Morgan fingerprint density at radius 1 is 0.610 bits per heavy atom. The van der Waals surface area contributed by atoms with Crippen molar-refractivity contribution in [3.8, 4) is 0 Å². The predicted molar refractivity (Wildman–Crippen MR) is 131 cm³/mol. The Bertz CT molecular complexity index is 766. The number of carbonyl (C=O) groups is 1. The van der Waals surface area contributed by atoms with E-state index in [1.165, 1.54) is 70.6 Å². The van der Waals surface area contributed by atoms with Crippen LogP contribution in [0.5, 0.6) is 0 Å². The van der Waals surface area contributed by atoms with Crippen LogP contribution >= 0.6 is 23.7 Å². The van der Waals surface area contributed by atoms with E-state index >= 15 is 0 Å². The molecular formula is C18H34Cl2Cu3O15S3. The Balaban J connectivity index is -0.0000000710. The molecule has 0 aromatic rings. The van der Waals surface area contributed by atoms with Crippen LogP contribution in [0.1, 0.15) is 96.8 Å². The molecule has 261 valence electrons. The molecule has 0 amide bonds. The standard InChI is InChI=1S/C18H34O2.Cl2O.3Cu.3H2O4S/c1-2-3-4-5-6-7-8-9-10-11-12-13-14-15-16-17-18(19)20;1-3-2;;;;3*1-5(2,3)4/h9-10H,2-8,11-17H2,1H3,(H,19,20);;;;;3*(H2,1,2,3,4)/q;;3*+2;;;/p-6. The summed E-state index contributed by atoms with van der Waals surface area (Å²) >= 11 is 8.53. The van der Waals surface area contributed by atoms with Gasteiger partial charge in [-0.15, -0.1) is 0 Å². The zero-order valence-electron chi connectivity index (χ0n) is 21.6. The summed E-state index contributed by atoms with van der Waals surface area (Å²) in [4.78, 5) is 10.3. The molecule has 41 heavy (non-hydrogen) atoms. The van der Waals surface area contributed by atoms with Gasteiger partial charge in [-0.3, -0.25) is 30.0 Å². The first kappa shape index (κ1) is 61.0. The van der Waals surface area contributed by atoms with Crippen LogP contribution in [0.2, 0.25) is 0 Å². The Hall–Kier alpha value is 0.918. The molecule has 0 heterocycles. The van der Waals surface area contributed by atoms with Crippen molar-refractivity contribution in [1.29, 1.82) is 0 Å². The van der Waals surface area contributed by atoms with Gasteiger partial charge in [0, 0.05) is 37.6 Å². The summed E-state index contributed by atoms with van der Waals surface area (Å²) in [5.41, 5.74) is 0.